The molecule has 0 radical (unpaired) electrons. The minimum Gasteiger partial charge on any atom is -0.272 e. The molecule has 0 bridgehead atoms. The molecule has 2 atom stereocenters. The molecule has 5 nitrogen and oxygen atoms in total. The highest BCUT2D eigenvalue weighted by Gasteiger charge is 2.43. The van der Waals surface area contributed by atoms with Gasteiger partial charge >= 0.3 is 0 Å². The van der Waals surface area contributed by atoms with Crippen molar-refractivity contribution in [2.24, 2.45) is 11.0 Å². The van der Waals surface area contributed by atoms with Crippen LogP contribution >= 0.6 is 11.8 Å². The molecule has 184 valence electrons. The van der Waals surface area contributed by atoms with Crippen molar-refractivity contribution in [1.29, 1.82) is 0 Å². The highest BCUT2D eigenvalue weighted by Crippen LogP contribution is 2.44. The van der Waals surface area contributed by atoms with Gasteiger partial charge in [-0.1, -0.05) is 36.0 Å². The molecule has 0 unspecified atom stereocenters. The SMILES string of the molecule is Cc1cc(C)nc(SCC(=O)N2N=C3/C(=C\c4ccc(F)cc4)CCC[C@@H]3[C@H]2c2ccc(F)cc2)n1. The van der Waals surface area contributed by atoms with Crippen molar-refractivity contribution in [2.45, 2.75) is 44.3 Å². The Bertz CT molecular complexity index is 1320. The molecule has 1 aliphatic heterocycles. The second-order valence-electron chi connectivity index (χ2n) is 9.16. The summed E-state index contributed by atoms with van der Waals surface area (Å²) >= 11 is 1.29. The summed E-state index contributed by atoms with van der Waals surface area (Å²) in [6, 6.07) is 14.2. The Morgan fingerprint density at radius 1 is 1.03 bits per heavy atom. The third kappa shape index (κ3) is 5.23. The molecule has 1 aromatic heterocycles. The van der Waals surface area contributed by atoms with Gasteiger partial charge in [0.2, 0.25) is 0 Å². The lowest BCUT2D eigenvalue weighted by Crippen LogP contribution is -2.32. The van der Waals surface area contributed by atoms with E-state index >= 15 is 0 Å². The first-order valence-corrected chi connectivity index (χ1v) is 12.9. The van der Waals surface area contributed by atoms with Crippen molar-refractivity contribution in [2.75, 3.05) is 5.75 Å². The zero-order valence-electron chi connectivity index (χ0n) is 20.1. The number of hydrazone groups is 1. The number of hydrogen-bond acceptors (Lipinski definition) is 5. The maximum absolute atomic E-state index is 13.7. The molecule has 1 amide bonds. The number of carbonyl (C=O) groups excluding carboxylic acids is 1. The van der Waals surface area contributed by atoms with Crippen molar-refractivity contribution in [1.82, 2.24) is 15.0 Å². The van der Waals surface area contributed by atoms with E-state index in [1.807, 2.05) is 26.0 Å². The van der Waals surface area contributed by atoms with E-state index in [0.29, 0.717) is 5.16 Å². The number of halogens is 2. The van der Waals surface area contributed by atoms with E-state index in [1.165, 1.54) is 36.0 Å². The maximum Gasteiger partial charge on any atom is 0.253 e. The first kappa shape index (κ1) is 24.3. The third-order valence-corrected chi connectivity index (χ3v) is 7.30. The maximum atomic E-state index is 13.7. The number of benzene rings is 2. The first-order valence-electron chi connectivity index (χ1n) is 11.9. The number of aryl methyl sites for hydroxylation is 2. The van der Waals surface area contributed by atoms with Gasteiger partial charge in [0.1, 0.15) is 11.6 Å². The minimum atomic E-state index is -0.321. The topological polar surface area (TPSA) is 58.5 Å². The largest absolute Gasteiger partial charge is 0.272 e. The summed E-state index contributed by atoms with van der Waals surface area (Å²) in [6.07, 6.45) is 4.68. The molecule has 2 aliphatic rings. The summed E-state index contributed by atoms with van der Waals surface area (Å²) in [6.45, 7) is 3.80. The molecule has 8 heteroatoms. The van der Waals surface area contributed by atoms with Crippen molar-refractivity contribution >= 4 is 29.5 Å². The van der Waals surface area contributed by atoms with Crippen LogP contribution in [-0.2, 0) is 4.79 Å². The van der Waals surface area contributed by atoms with Crippen LogP contribution in [0.15, 0.2) is 70.4 Å². The van der Waals surface area contributed by atoms with E-state index in [0.717, 1.165) is 53.1 Å². The van der Waals surface area contributed by atoms with Gasteiger partial charge in [0.15, 0.2) is 5.16 Å². The summed E-state index contributed by atoms with van der Waals surface area (Å²) in [5.74, 6) is -0.613. The molecule has 1 aliphatic carbocycles. The zero-order chi connectivity index (χ0) is 25.2. The number of amides is 1. The highest BCUT2D eigenvalue weighted by molar-refractivity contribution is 7.99. The molecule has 0 spiro atoms. The lowest BCUT2D eigenvalue weighted by atomic mass is 9.77. The normalized spacial score (nSPS) is 20.4. The fourth-order valence-corrected chi connectivity index (χ4v) is 5.71. The van der Waals surface area contributed by atoms with Gasteiger partial charge in [-0.25, -0.2) is 23.8 Å². The number of thioether (sulfide) groups is 1. The number of hydrogen-bond donors (Lipinski definition) is 0. The van der Waals surface area contributed by atoms with Crippen LogP contribution in [0.3, 0.4) is 0 Å². The van der Waals surface area contributed by atoms with E-state index in [9.17, 15) is 13.6 Å². The molecule has 36 heavy (non-hydrogen) atoms. The number of aromatic nitrogens is 2. The van der Waals surface area contributed by atoms with Crippen molar-refractivity contribution < 1.29 is 13.6 Å². The first-order chi connectivity index (χ1) is 17.4. The van der Waals surface area contributed by atoms with Crippen LogP contribution in [-0.4, -0.2) is 32.3 Å². The molecule has 1 saturated carbocycles. The van der Waals surface area contributed by atoms with Crippen LogP contribution in [0.1, 0.15) is 47.8 Å². The number of rotatable bonds is 5. The average Bonchev–Trinajstić information content (AvgIpc) is 3.25. The van der Waals surface area contributed by atoms with Gasteiger partial charge in [-0.3, -0.25) is 4.79 Å². The number of carbonyl (C=O) groups is 1. The van der Waals surface area contributed by atoms with Gasteiger partial charge in [-0.15, -0.1) is 0 Å². The van der Waals surface area contributed by atoms with Crippen LogP contribution in [0.4, 0.5) is 8.78 Å². The van der Waals surface area contributed by atoms with E-state index in [1.54, 1.807) is 29.3 Å². The van der Waals surface area contributed by atoms with Crippen LogP contribution in [0.2, 0.25) is 0 Å². The number of allylic oxidation sites excluding steroid dienone is 1. The molecule has 3 aromatic rings. The summed E-state index contributed by atoms with van der Waals surface area (Å²) in [4.78, 5) is 22.3. The van der Waals surface area contributed by atoms with Crippen molar-refractivity contribution in [3.8, 4) is 0 Å². The Hall–Kier alpha value is -3.39. The molecule has 2 heterocycles. The van der Waals surface area contributed by atoms with Gasteiger partial charge in [0.25, 0.3) is 5.91 Å². The Morgan fingerprint density at radius 3 is 2.33 bits per heavy atom. The summed E-state index contributed by atoms with van der Waals surface area (Å²) in [5, 5.41) is 6.96. The Balaban J connectivity index is 1.46. The van der Waals surface area contributed by atoms with E-state index in [-0.39, 0.29) is 35.3 Å². The average molecular weight is 505 g/mol. The minimum absolute atomic E-state index is 0.00215. The molecule has 0 saturated heterocycles. The Labute approximate surface area is 213 Å². The molecule has 1 fully saturated rings. The second-order valence-corrected chi connectivity index (χ2v) is 10.1. The quantitative estimate of drug-likeness (QED) is 0.303. The lowest BCUT2D eigenvalue weighted by Gasteiger charge is -2.29. The fraction of sp³-hybridized carbons (Fsp3) is 0.286. The number of fused-ring (bicyclic) bond motifs is 1. The van der Waals surface area contributed by atoms with Crippen LogP contribution < -0.4 is 0 Å². The van der Waals surface area contributed by atoms with Crippen molar-refractivity contribution in [3.63, 3.8) is 0 Å². The van der Waals surface area contributed by atoms with Gasteiger partial charge in [0.05, 0.1) is 17.5 Å². The van der Waals surface area contributed by atoms with Crippen LogP contribution in [0.25, 0.3) is 6.08 Å². The van der Waals surface area contributed by atoms with Crippen LogP contribution in [0.5, 0.6) is 0 Å². The van der Waals surface area contributed by atoms with Crippen LogP contribution in [0, 0.1) is 31.4 Å². The van der Waals surface area contributed by atoms with Gasteiger partial charge in [-0.2, -0.15) is 5.10 Å². The van der Waals surface area contributed by atoms with E-state index < -0.39 is 0 Å². The highest BCUT2D eigenvalue weighted by atomic mass is 32.2. The van der Waals surface area contributed by atoms with Gasteiger partial charge in [-0.05, 0) is 86.2 Å². The van der Waals surface area contributed by atoms with E-state index in [2.05, 4.69) is 9.97 Å². The smallest absolute Gasteiger partial charge is 0.253 e. The Kier molecular flexibility index (Phi) is 6.96. The Morgan fingerprint density at radius 2 is 1.67 bits per heavy atom. The molecular weight excluding hydrogens is 478 g/mol. The second kappa shape index (κ2) is 10.3. The molecular formula is C28H26F2N4OS. The van der Waals surface area contributed by atoms with Gasteiger partial charge < -0.3 is 0 Å². The predicted molar refractivity (Wildman–Crippen MR) is 137 cm³/mol. The summed E-state index contributed by atoms with van der Waals surface area (Å²) in [5.41, 5.74) is 5.37. The fourth-order valence-electron chi connectivity index (χ4n) is 4.91. The standard InChI is InChI=1S/C28H26F2N4OS/c1-17-14-18(2)32-28(31-17)36-16-25(35)34-27(20-8-12-23(30)13-9-20)24-5-3-4-21(26(24)33-34)15-19-6-10-22(29)11-7-19/h6-15,24,27H,3-5,16H2,1-2H3/b21-15-/t24-,27+/m0/s1. The summed E-state index contributed by atoms with van der Waals surface area (Å²) < 4.78 is 27.1. The molecule has 2 aromatic carbocycles. The van der Waals surface area contributed by atoms with E-state index in [4.69, 9.17) is 5.10 Å². The monoisotopic (exact) mass is 504 g/mol. The zero-order valence-corrected chi connectivity index (χ0v) is 20.9. The van der Waals surface area contributed by atoms with Crippen molar-refractivity contribution in [3.05, 3.63) is 94.3 Å². The van der Waals surface area contributed by atoms with Gasteiger partial charge in [0, 0.05) is 17.3 Å². The molecule has 5 rings (SSSR count). The summed E-state index contributed by atoms with van der Waals surface area (Å²) in [7, 11) is 0. The third-order valence-electron chi connectivity index (χ3n) is 6.47. The predicted octanol–water partition coefficient (Wildman–Crippen LogP) is 6.29. The molecule has 0 N–H and O–H groups in total. The lowest BCUT2D eigenvalue weighted by molar-refractivity contribution is -0.130. The number of nitrogens with zero attached hydrogens (tertiary/aromatic N) is 4.